The van der Waals surface area contributed by atoms with E-state index < -0.39 is 42.7 Å². The fourth-order valence-corrected chi connectivity index (χ4v) is 7.88. The van der Waals surface area contributed by atoms with E-state index in [0.717, 1.165) is 17.9 Å². The molecule has 0 aromatic carbocycles. The average Bonchev–Trinajstić information content (AvgIpc) is 4.01. The Morgan fingerprint density at radius 3 is 1.82 bits per heavy atom. The van der Waals surface area contributed by atoms with Crippen molar-refractivity contribution in [1.29, 1.82) is 0 Å². The summed E-state index contributed by atoms with van der Waals surface area (Å²) in [7, 11) is 0. The summed E-state index contributed by atoms with van der Waals surface area (Å²) in [4.78, 5) is 29.0. The van der Waals surface area contributed by atoms with Gasteiger partial charge in [0.25, 0.3) is 0 Å². The molecule has 1 N–H and O–H groups in total. The van der Waals surface area contributed by atoms with E-state index in [1.807, 2.05) is 65.8 Å². The quantitative estimate of drug-likeness (QED) is 0.138. The molecule has 1 unspecified atom stereocenters. The Kier molecular flexibility index (Phi) is 10.1. The molecule has 3 aliphatic heterocycles. The van der Waals surface area contributed by atoms with Gasteiger partial charge in [-0.25, -0.2) is 19.3 Å². The molecule has 0 saturated carbocycles. The van der Waals surface area contributed by atoms with Crippen LogP contribution in [0.5, 0.6) is 0 Å². The summed E-state index contributed by atoms with van der Waals surface area (Å²) in [6, 6.07) is 7.36. The zero-order valence-electron chi connectivity index (χ0n) is 31.5. The number of aromatic nitrogens is 8. The maximum Gasteiger partial charge on any atom is 0.303 e. The topological polar surface area (TPSA) is 197 Å². The number of hydrogen-bond acceptors (Lipinski definition) is 15. The molecule has 9 rings (SSSR count). The van der Waals surface area contributed by atoms with Crippen LogP contribution in [0.4, 0.5) is 0 Å². The fourth-order valence-electron chi connectivity index (χ4n) is 7.55. The number of aliphatic hydroxyl groups is 1. The van der Waals surface area contributed by atoms with Crippen molar-refractivity contribution >= 4 is 51.2 Å². The number of aryl methyl sites for hydroxylation is 2. The van der Waals surface area contributed by atoms with E-state index in [0.29, 0.717) is 45.0 Å². The van der Waals surface area contributed by atoms with E-state index >= 15 is 0 Å². The molecule has 3 fully saturated rings. The van der Waals surface area contributed by atoms with E-state index in [1.165, 1.54) is 6.92 Å². The Hall–Kier alpha value is -4.49. The van der Waals surface area contributed by atoms with E-state index in [-0.39, 0.29) is 35.2 Å². The maximum atomic E-state index is 11.6. The number of furan rings is 2. The van der Waals surface area contributed by atoms with Crippen LogP contribution in [-0.4, -0.2) is 93.5 Å². The summed E-state index contributed by atoms with van der Waals surface area (Å²) in [5.74, 6) is 1.55. The first-order valence-corrected chi connectivity index (χ1v) is 18.9. The summed E-state index contributed by atoms with van der Waals surface area (Å²) < 4.78 is 44.3. The Morgan fingerprint density at radius 1 is 0.821 bits per heavy atom. The third-order valence-electron chi connectivity index (χ3n) is 9.99. The molecule has 6 aromatic heterocycles. The van der Waals surface area contributed by atoms with Crippen LogP contribution < -0.4 is 0 Å². The minimum atomic E-state index is -0.781. The molecule has 9 heterocycles. The van der Waals surface area contributed by atoms with E-state index in [9.17, 15) is 9.90 Å². The molecule has 6 aromatic rings. The van der Waals surface area contributed by atoms with E-state index in [2.05, 4.69) is 30.1 Å². The molecule has 3 aliphatic rings. The van der Waals surface area contributed by atoms with Gasteiger partial charge in [0.1, 0.15) is 41.2 Å². The molecule has 17 nitrogen and oxygen atoms in total. The molecule has 0 radical (unpaired) electrons. The fraction of sp³-hybridized carbons (Fsp3) is 0.486. The van der Waals surface area contributed by atoms with Crippen molar-refractivity contribution in [3.8, 4) is 22.9 Å². The van der Waals surface area contributed by atoms with Gasteiger partial charge in [0.05, 0.1) is 35.9 Å². The summed E-state index contributed by atoms with van der Waals surface area (Å²) in [6.45, 7) is 12.6. The van der Waals surface area contributed by atoms with Crippen molar-refractivity contribution in [3.05, 3.63) is 58.7 Å². The second-order valence-corrected chi connectivity index (χ2v) is 15.1. The minimum Gasteiger partial charge on any atom is -0.460 e. The molecule has 56 heavy (non-hydrogen) atoms. The smallest absolute Gasteiger partial charge is 0.303 e. The predicted molar refractivity (Wildman–Crippen MR) is 199 cm³/mol. The number of halogens is 2. The van der Waals surface area contributed by atoms with Crippen LogP contribution >= 0.6 is 23.2 Å². The van der Waals surface area contributed by atoms with Crippen LogP contribution in [-0.2, 0) is 28.5 Å². The third kappa shape index (κ3) is 6.95. The van der Waals surface area contributed by atoms with Gasteiger partial charge < -0.3 is 37.6 Å². The Labute approximate surface area is 330 Å². The monoisotopic (exact) mass is 810 g/mol. The Bertz CT molecular complexity index is 2410. The van der Waals surface area contributed by atoms with Gasteiger partial charge in [0, 0.05) is 12.8 Å². The highest BCUT2D eigenvalue weighted by molar-refractivity contribution is 6.29. The largest absolute Gasteiger partial charge is 0.460 e. The molecule has 19 heteroatoms. The molecule has 8 atom stereocenters. The van der Waals surface area contributed by atoms with Crippen LogP contribution in [0, 0.1) is 19.8 Å². The zero-order chi connectivity index (χ0) is 39.6. The van der Waals surface area contributed by atoms with Gasteiger partial charge in [-0.2, -0.15) is 20.2 Å². The number of rotatable bonds is 7. The highest BCUT2D eigenvalue weighted by Crippen LogP contribution is 2.44. The minimum absolute atomic E-state index is 0.0163. The maximum absolute atomic E-state index is 11.6. The summed E-state index contributed by atoms with van der Waals surface area (Å²) in [5, 5.41) is 20.1. The van der Waals surface area contributed by atoms with Crippen LogP contribution in [0.15, 0.2) is 45.5 Å². The van der Waals surface area contributed by atoms with Crippen LogP contribution in [0.3, 0.4) is 0 Å². The molecular weight excluding hydrogens is 771 g/mol. The van der Waals surface area contributed by atoms with Crippen molar-refractivity contribution in [3.63, 3.8) is 0 Å². The third-order valence-corrected chi connectivity index (χ3v) is 10.3. The summed E-state index contributed by atoms with van der Waals surface area (Å²) in [6.07, 6.45) is 0.944. The standard InChI is InChI=1S/C19H21ClN4O4.C18H19ClN4O5/c1-5-13-10(3)16(27-11(4)25)18(28-13)24-17-12(8-21-24)15(22-19(20)23-17)14-7-6-9(2)26-14;1-8-4-5-10(25-8)12-9-6-20-23(15(9)22-17(19)21-12)16-14-13(11(7-24)26-16)27-18(2,3)28-14/h6-8,10,13,16,18H,5H2,1-4H3;4-6,11,13-14,16,24H,7H2,1-3H3/t10-,13-,16?,18-;11-,13-,14-,16-/m11/s1. The second-order valence-electron chi connectivity index (χ2n) is 14.4. The normalized spacial score (nSPS) is 26.8. The first-order valence-electron chi connectivity index (χ1n) is 18.1. The number of esters is 1. The molecular formula is C37H40Cl2N8O9. The summed E-state index contributed by atoms with van der Waals surface area (Å²) in [5.41, 5.74) is 2.08. The SMILES string of the molecule is CC[C@H]1O[C@@H](n2ncc3c(-c4ccc(C)o4)nc(Cl)nc32)C(OC(C)=O)[C@@H]1C.Cc1ccc(-c2nc(Cl)nc3c2cnn3[C@@H]2O[C@H](CO)[C@H]3OC(C)(C)O[C@H]32)o1. The average molecular weight is 812 g/mol. The number of aliphatic hydroxyl groups excluding tert-OH is 1. The Balaban J connectivity index is 0.000000157. The van der Waals surface area contributed by atoms with Crippen molar-refractivity contribution in [2.45, 2.75) is 104 Å². The molecule has 296 valence electrons. The number of carbonyl (C=O) groups excluding carboxylic acids is 1. The van der Waals surface area contributed by atoms with Gasteiger partial charge in [0.2, 0.25) is 10.6 Å². The number of carbonyl (C=O) groups is 1. The first-order chi connectivity index (χ1) is 26.7. The number of fused-ring (bicyclic) bond motifs is 3. The van der Waals surface area contributed by atoms with Crippen molar-refractivity contribution in [1.82, 2.24) is 39.5 Å². The highest BCUT2D eigenvalue weighted by Gasteiger charge is 2.56. The van der Waals surface area contributed by atoms with Gasteiger partial charge in [-0.05, 0) is 81.6 Å². The van der Waals surface area contributed by atoms with E-state index in [1.54, 1.807) is 21.8 Å². The molecule has 0 spiro atoms. The van der Waals surface area contributed by atoms with Crippen LogP contribution in [0.25, 0.3) is 45.0 Å². The first kappa shape index (κ1) is 38.4. The second kappa shape index (κ2) is 14.8. The predicted octanol–water partition coefficient (Wildman–Crippen LogP) is 6.38. The Morgan fingerprint density at radius 2 is 1.34 bits per heavy atom. The van der Waals surface area contributed by atoms with Gasteiger partial charge in [0.15, 0.2) is 47.2 Å². The molecule has 0 amide bonds. The zero-order valence-corrected chi connectivity index (χ0v) is 33.1. The lowest BCUT2D eigenvalue weighted by Crippen LogP contribution is -2.31. The lowest BCUT2D eigenvalue weighted by molar-refractivity contribution is -0.201. The molecule has 3 saturated heterocycles. The molecule has 0 aliphatic carbocycles. The lowest BCUT2D eigenvalue weighted by Gasteiger charge is -2.23. The van der Waals surface area contributed by atoms with Crippen LogP contribution in [0.1, 0.15) is 65.0 Å². The summed E-state index contributed by atoms with van der Waals surface area (Å²) >= 11 is 12.4. The van der Waals surface area contributed by atoms with Gasteiger partial charge in [-0.3, -0.25) is 4.79 Å². The van der Waals surface area contributed by atoms with E-state index in [4.69, 9.17) is 55.7 Å². The van der Waals surface area contributed by atoms with Crippen molar-refractivity contribution in [2.24, 2.45) is 5.92 Å². The van der Waals surface area contributed by atoms with Gasteiger partial charge in [-0.15, -0.1) is 0 Å². The highest BCUT2D eigenvalue weighted by atomic mass is 35.5. The number of ether oxygens (including phenoxy) is 5. The molecule has 0 bridgehead atoms. The number of hydrogen-bond donors (Lipinski definition) is 1. The van der Waals surface area contributed by atoms with Crippen molar-refractivity contribution in [2.75, 3.05) is 6.61 Å². The van der Waals surface area contributed by atoms with Crippen molar-refractivity contribution < 1.29 is 42.4 Å². The number of nitrogens with zero attached hydrogens (tertiary/aromatic N) is 8. The lowest BCUT2D eigenvalue weighted by atomic mass is 9.98. The van der Waals surface area contributed by atoms with Gasteiger partial charge in [-0.1, -0.05) is 13.8 Å². The van der Waals surface area contributed by atoms with Gasteiger partial charge >= 0.3 is 5.97 Å². The van der Waals surface area contributed by atoms with Crippen LogP contribution in [0.2, 0.25) is 10.6 Å².